The Kier molecular flexibility index (Phi) is 4.66. The second kappa shape index (κ2) is 6.91. The number of hydrogen-bond acceptors (Lipinski definition) is 4. The molecule has 0 radical (unpaired) electrons. The summed E-state index contributed by atoms with van der Waals surface area (Å²) < 4.78 is 13.4. The van der Waals surface area contributed by atoms with Gasteiger partial charge in [-0.3, -0.25) is 19.7 Å². The van der Waals surface area contributed by atoms with Crippen molar-refractivity contribution >= 4 is 28.9 Å². The number of nitrogens with one attached hydrogen (secondary N) is 1. The molecule has 2 amide bonds. The summed E-state index contributed by atoms with van der Waals surface area (Å²) in [6, 6.07) is 10.5. The molecule has 26 heavy (non-hydrogen) atoms. The third-order valence-corrected chi connectivity index (χ3v) is 4.31. The molecule has 1 aliphatic rings. The highest BCUT2D eigenvalue weighted by Crippen LogP contribution is 2.29. The highest BCUT2D eigenvalue weighted by Gasteiger charge is 2.35. The van der Waals surface area contributed by atoms with E-state index in [0.717, 1.165) is 23.4 Å². The van der Waals surface area contributed by atoms with Crippen LogP contribution in [0.4, 0.5) is 21.5 Å². The molecule has 8 heteroatoms. The number of nitro benzene ring substituents is 1. The first kappa shape index (κ1) is 17.5. The zero-order valence-electron chi connectivity index (χ0n) is 13.9. The highest BCUT2D eigenvalue weighted by molar-refractivity contribution is 6.03. The number of para-hydroxylation sites is 1. The molecule has 1 saturated heterocycles. The van der Waals surface area contributed by atoms with Crippen molar-refractivity contribution in [2.24, 2.45) is 5.92 Å². The van der Waals surface area contributed by atoms with Crippen LogP contribution < -0.4 is 10.2 Å². The third-order valence-electron chi connectivity index (χ3n) is 4.31. The van der Waals surface area contributed by atoms with Gasteiger partial charge in [0.25, 0.3) is 0 Å². The van der Waals surface area contributed by atoms with Gasteiger partial charge < -0.3 is 10.2 Å². The fourth-order valence-electron chi connectivity index (χ4n) is 2.96. The van der Waals surface area contributed by atoms with Gasteiger partial charge in [-0.25, -0.2) is 0 Å². The number of hydrogen-bond donors (Lipinski definition) is 1. The first-order valence-corrected chi connectivity index (χ1v) is 7.97. The van der Waals surface area contributed by atoms with E-state index in [1.807, 2.05) is 31.2 Å². The highest BCUT2D eigenvalue weighted by atomic mass is 19.1. The fraction of sp³-hybridized carbons (Fsp3) is 0.222. The first-order valence-electron chi connectivity index (χ1n) is 7.97. The van der Waals surface area contributed by atoms with Gasteiger partial charge in [0.1, 0.15) is 0 Å². The van der Waals surface area contributed by atoms with Crippen LogP contribution >= 0.6 is 0 Å². The molecule has 0 aliphatic carbocycles. The fourth-order valence-corrected chi connectivity index (χ4v) is 2.96. The Morgan fingerprint density at radius 1 is 1.31 bits per heavy atom. The molecule has 1 N–H and O–H groups in total. The first-order chi connectivity index (χ1) is 12.4. The average molecular weight is 357 g/mol. The number of nitro groups is 1. The molecule has 1 atom stereocenters. The van der Waals surface area contributed by atoms with Gasteiger partial charge in [0.05, 0.1) is 10.8 Å². The van der Waals surface area contributed by atoms with E-state index in [1.54, 1.807) is 4.90 Å². The number of rotatable bonds is 4. The topological polar surface area (TPSA) is 92.6 Å². The van der Waals surface area contributed by atoms with Gasteiger partial charge in [0.2, 0.25) is 17.6 Å². The molecule has 2 aromatic rings. The molecule has 0 bridgehead atoms. The standard InChI is InChI=1S/C18H16FN3O4/c1-11-4-2-3-5-15(11)21-10-12(8-17(21)23)18(24)20-13-6-7-14(19)16(9-13)22(25)26/h2-7,9,12H,8,10H2,1H3,(H,20,24)/t12-/m0/s1. The van der Waals surface area contributed by atoms with E-state index < -0.39 is 28.3 Å². The van der Waals surface area contributed by atoms with Gasteiger partial charge in [-0.2, -0.15) is 4.39 Å². The van der Waals surface area contributed by atoms with Crippen LogP contribution in [-0.2, 0) is 9.59 Å². The van der Waals surface area contributed by atoms with Crippen molar-refractivity contribution in [1.82, 2.24) is 0 Å². The Balaban J connectivity index is 1.74. The molecule has 0 unspecified atom stereocenters. The van der Waals surface area contributed by atoms with Gasteiger partial charge in [-0.1, -0.05) is 18.2 Å². The van der Waals surface area contributed by atoms with Gasteiger partial charge >= 0.3 is 5.69 Å². The van der Waals surface area contributed by atoms with Crippen molar-refractivity contribution in [2.45, 2.75) is 13.3 Å². The molecule has 3 rings (SSSR count). The molecule has 134 valence electrons. The van der Waals surface area contributed by atoms with Gasteiger partial charge in [0.15, 0.2) is 0 Å². The van der Waals surface area contributed by atoms with Crippen LogP contribution in [0.5, 0.6) is 0 Å². The van der Waals surface area contributed by atoms with Crippen LogP contribution in [-0.4, -0.2) is 23.3 Å². The Bertz CT molecular complexity index is 900. The molecule has 1 aliphatic heterocycles. The van der Waals surface area contributed by atoms with Crippen molar-refractivity contribution in [3.05, 3.63) is 64.0 Å². The summed E-state index contributed by atoms with van der Waals surface area (Å²) in [5.41, 5.74) is 1.08. The summed E-state index contributed by atoms with van der Waals surface area (Å²) in [5, 5.41) is 13.3. The van der Waals surface area contributed by atoms with E-state index in [2.05, 4.69) is 5.32 Å². The lowest BCUT2D eigenvalue weighted by Crippen LogP contribution is -2.28. The summed E-state index contributed by atoms with van der Waals surface area (Å²) in [4.78, 5) is 36.2. The minimum absolute atomic E-state index is 0.0451. The monoisotopic (exact) mass is 357 g/mol. The molecule has 0 spiro atoms. The zero-order valence-corrected chi connectivity index (χ0v) is 13.9. The van der Waals surface area contributed by atoms with Gasteiger partial charge in [0, 0.05) is 30.4 Å². The molecular formula is C18H16FN3O4. The second-order valence-electron chi connectivity index (χ2n) is 6.10. The van der Waals surface area contributed by atoms with Crippen LogP contribution in [0.15, 0.2) is 42.5 Å². The molecular weight excluding hydrogens is 341 g/mol. The molecule has 1 heterocycles. The third kappa shape index (κ3) is 3.39. The summed E-state index contributed by atoms with van der Waals surface area (Å²) in [5.74, 6) is -2.17. The second-order valence-corrected chi connectivity index (χ2v) is 6.10. The summed E-state index contributed by atoms with van der Waals surface area (Å²) in [7, 11) is 0. The Hall–Kier alpha value is -3.29. The average Bonchev–Trinajstić information content (AvgIpc) is 2.98. The minimum Gasteiger partial charge on any atom is -0.326 e. The molecule has 7 nitrogen and oxygen atoms in total. The van der Waals surface area contributed by atoms with Crippen molar-refractivity contribution < 1.29 is 18.9 Å². The molecule has 0 saturated carbocycles. The maximum Gasteiger partial charge on any atom is 0.306 e. The number of carbonyl (C=O) groups excluding carboxylic acids is 2. The quantitative estimate of drug-likeness (QED) is 0.672. The van der Waals surface area contributed by atoms with Crippen molar-refractivity contribution in [3.63, 3.8) is 0 Å². The number of anilines is 2. The van der Waals surface area contributed by atoms with Crippen LogP contribution in [0.3, 0.4) is 0 Å². The van der Waals surface area contributed by atoms with E-state index in [9.17, 15) is 24.1 Å². The van der Waals surface area contributed by atoms with Crippen molar-refractivity contribution in [2.75, 3.05) is 16.8 Å². The number of carbonyl (C=O) groups is 2. The Labute approximate surface area is 148 Å². The SMILES string of the molecule is Cc1ccccc1N1C[C@@H](C(=O)Nc2ccc(F)c([N+](=O)[O-])c2)CC1=O. The van der Waals surface area contributed by atoms with E-state index in [4.69, 9.17) is 0 Å². The smallest absolute Gasteiger partial charge is 0.306 e. The zero-order chi connectivity index (χ0) is 18.8. The number of benzene rings is 2. The number of amides is 2. The van der Waals surface area contributed by atoms with E-state index >= 15 is 0 Å². The molecule has 0 aromatic heterocycles. The Morgan fingerprint density at radius 3 is 2.73 bits per heavy atom. The lowest BCUT2D eigenvalue weighted by molar-refractivity contribution is -0.387. The predicted molar refractivity (Wildman–Crippen MR) is 93.3 cm³/mol. The lowest BCUT2D eigenvalue weighted by Gasteiger charge is -2.19. The number of aryl methyl sites for hydroxylation is 1. The predicted octanol–water partition coefficient (Wildman–Crippen LogP) is 3.03. The van der Waals surface area contributed by atoms with Gasteiger partial charge in [-0.05, 0) is 30.7 Å². The Morgan fingerprint density at radius 2 is 2.04 bits per heavy atom. The normalized spacial score (nSPS) is 16.6. The van der Waals surface area contributed by atoms with Gasteiger partial charge in [-0.15, -0.1) is 0 Å². The minimum atomic E-state index is -0.977. The molecule has 2 aromatic carbocycles. The van der Waals surface area contributed by atoms with Crippen LogP contribution in [0.2, 0.25) is 0 Å². The van der Waals surface area contributed by atoms with E-state index in [0.29, 0.717) is 0 Å². The number of halogens is 1. The van der Waals surface area contributed by atoms with Crippen molar-refractivity contribution in [1.29, 1.82) is 0 Å². The van der Waals surface area contributed by atoms with Crippen LogP contribution in [0.1, 0.15) is 12.0 Å². The van der Waals surface area contributed by atoms with E-state index in [1.165, 1.54) is 6.07 Å². The number of nitrogens with zero attached hydrogens (tertiary/aromatic N) is 2. The maximum absolute atomic E-state index is 13.4. The maximum atomic E-state index is 13.4. The summed E-state index contributed by atoms with van der Waals surface area (Å²) in [6.07, 6.45) is 0.0451. The largest absolute Gasteiger partial charge is 0.326 e. The lowest BCUT2D eigenvalue weighted by atomic mass is 10.1. The van der Waals surface area contributed by atoms with Crippen LogP contribution in [0.25, 0.3) is 0 Å². The van der Waals surface area contributed by atoms with Crippen LogP contribution in [0, 0.1) is 28.8 Å². The molecule has 1 fully saturated rings. The van der Waals surface area contributed by atoms with E-state index in [-0.39, 0.29) is 24.6 Å². The summed E-state index contributed by atoms with van der Waals surface area (Å²) in [6.45, 7) is 2.10. The van der Waals surface area contributed by atoms with Crippen molar-refractivity contribution in [3.8, 4) is 0 Å². The summed E-state index contributed by atoms with van der Waals surface area (Å²) >= 11 is 0.